The summed E-state index contributed by atoms with van der Waals surface area (Å²) in [5.41, 5.74) is 3.97. The molecule has 0 spiro atoms. The van der Waals surface area contributed by atoms with Gasteiger partial charge in [0.1, 0.15) is 0 Å². The molecule has 0 aliphatic rings. The van der Waals surface area contributed by atoms with Crippen molar-refractivity contribution in [3.05, 3.63) is 69.4 Å². The number of hydrogen-bond donors (Lipinski definition) is 0. The number of benzene rings is 2. The Morgan fingerprint density at radius 1 is 0.900 bits per heavy atom. The predicted molar refractivity (Wildman–Crippen MR) is 91.3 cm³/mol. The van der Waals surface area contributed by atoms with Gasteiger partial charge in [-0.3, -0.25) is 0 Å². The number of hydrogen-bond acceptors (Lipinski definition) is 1. The molecule has 0 nitrogen and oxygen atoms in total. The average Bonchev–Trinajstić information content (AvgIpc) is 2.79. The van der Waals surface area contributed by atoms with Gasteiger partial charge in [0.2, 0.25) is 0 Å². The van der Waals surface area contributed by atoms with Gasteiger partial charge in [0.05, 0.1) is 0 Å². The monoisotopic (exact) mass is 278 g/mol. The maximum atomic E-state index is 2.30. The zero-order valence-electron chi connectivity index (χ0n) is 12.1. The van der Waals surface area contributed by atoms with Crippen LogP contribution in [-0.2, 0) is 0 Å². The van der Waals surface area contributed by atoms with E-state index < -0.39 is 0 Å². The van der Waals surface area contributed by atoms with Crippen molar-refractivity contribution in [3.63, 3.8) is 0 Å². The molecule has 0 radical (unpaired) electrons. The molecular formula is C19H18S. The summed E-state index contributed by atoms with van der Waals surface area (Å²) >= 11 is 1.89. The normalized spacial score (nSPS) is 12.1. The lowest BCUT2D eigenvalue weighted by atomic mass is 10.0. The van der Waals surface area contributed by atoms with E-state index in [2.05, 4.69) is 75.4 Å². The SMILES string of the molecule is C/C(=C\c1ccccc1C)c1sc(C)c2ccccc12. The predicted octanol–water partition coefficient (Wildman–Crippen LogP) is 6.08. The highest BCUT2D eigenvalue weighted by Crippen LogP contribution is 2.36. The van der Waals surface area contributed by atoms with Gasteiger partial charge < -0.3 is 0 Å². The van der Waals surface area contributed by atoms with E-state index in [9.17, 15) is 0 Å². The van der Waals surface area contributed by atoms with E-state index in [-0.39, 0.29) is 0 Å². The van der Waals surface area contributed by atoms with Crippen LogP contribution in [0, 0.1) is 13.8 Å². The first kappa shape index (κ1) is 13.1. The topological polar surface area (TPSA) is 0 Å². The summed E-state index contributed by atoms with van der Waals surface area (Å²) in [6.45, 7) is 6.58. The molecule has 0 N–H and O–H groups in total. The third kappa shape index (κ3) is 2.30. The number of fused-ring (bicyclic) bond motifs is 1. The molecule has 0 amide bonds. The van der Waals surface area contributed by atoms with E-state index in [0.29, 0.717) is 0 Å². The van der Waals surface area contributed by atoms with Crippen molar-refractivity contribution in [2.24, 2.45) is 0 Å². The molecule has 3 aromatic rings. The molecular weight excluding hydrogens is 260 g/mol. The molecule has 3 rings (SSSR count). The second kappa shape index (κ2) is 5.26. The maximum Gasteiger partial charge on any atom is 0.0381 e. The first-order valence-corrected chi connectivity index (χ1v) is 7.71. The minimum absolute atomic E-state index is 1.31. The van der Waals surface area contributed by atoms with Crippen LogP contribution in [0.15, 0.2) is 48.5 Å². The summed E-state index contributed by atoms with van der Waals surface area (Å²) in [7, 11) is 0. The fourth-order valence-corrected chi connectivity index (χ4v) is 3.69. The summed E-state index contributed by atoms with van der Waals surface area (Å²) in [6.07, 6.45) is 2.30. The molecule has 2 aromatic carbocycles. The van der Waals surface area contributed by atoms with E-state index in [1.54, 1.807) is 0 Å². The van der Waals surface area contributed by atoms with Crippen LogP contribution in [0.1, 0.15) is 27.8 Å². The number of allylic oxidation sites excluding steroid dienone is 1. The molecule has 100 valence electrons. The molecule has 0 aliphatic carbocycles. The number of aryl methyl sites for hydroxylation is 2. The average molecular weight is 278 g/mol. The van der Waals surface area contributed by atoms with Crippen LogP contribution in [0.3, 0.4) is 0 Å². The van der Waals surface area contributed by atoms with Crippen molar-refractivity contribution in [2.45, 2.75) is 20.8 Å². The van der Waals surface area contributed by atoms with Crippen molar-refractivity contribution in [3.8, 4) is 0 Å². The fraction of sp³-hybridized carbons (Fsp3) is 0.158. The summed E-state index contributed by atoms with van der Waals surface area (Å²) in [6, 6.07) is 17.2. The van der Waals surface area contributed by atoms with E-state index in [1.807, 2.05) is 11.3 Å². The highest BCUT2D eigenvalue weighted by molar-refractivity contribution is 7.15. The maximum absolute atomic E-state index is 2.30. The van der Waals surface area contributed by atoms with E-state index in [4.69, 9.17) is 0 Å². The van der Waals surface area contributed by atoms with Crippen LogP contribution in [0.5, 0.6) is 0 Å². The largest absolute Gasteiger partial charge is 0.140 e. The van der Waals surface area contributed by atoms with Crippen LogP contribution in [-0.4, -0.2) is 0 Å². The fourth-order valence-electron chi connectivity index (χ4n) is 2.59. The molecule has 1 heterocycles. The first-order valence-electron chi connectivity index (χ1n) is 6.89. The quantitative estimate of drug-likeness (QED) is 0.533. The first-order chi connectivity index (χ1) is 9.66. The summed E-state index contributed by atoms with van der Waals surface area (Å²) in [4.78, 5) is 2.79. The van der Waals surface area contributed by atoms with E-state index >= 15 is 0 Å². The molecule has 0 aliphatic heterocycles. The zero-order chi connectivity index (χ0) is 14.1. The Morgan fingerprint density at radius 3 is 2.30 bits per heavy atom. The summed E-state index contributed by atoms with van der Waals surface area (Å²) < 4.78 is 0. The Balaban J connectivity index is 2.14. The van der Waals surface area contributed by atoms with E-state index in [0.717, 1.165) is 0 Å². The van der Waals surface area contributed by atoms with Gasteiger partial charge in [0.25, 0.3) is 0 Å². The van der Waals surface area contributed by atoms with Crippen LogP contribution in [0.2, 0.25) is 0 Å². The van der Waals surface area contributed by atoms with Gasteiger partial charge in [0, 0.05) is 15.1 Å². The van der Waals surface area contributed by atoms with Crippen molar-refractivity contribution < 1.29 is 0 Å². The van der Waals surface area contributed by atoms with Crippen LogP contribution < -0.4 is 0 Å². The van der Waals surface area contributed by atoms with Gasteiger partial charge in [-0.25, -0.2) is 0 Å². The second-order valence-electron chi connectivity index (χ2n) is 5.22. The summed E-state index contributed by atoms with van der Waals surface area (Å²) in [5.74, 6) is 0. The molecule has 1 aromatic heterocycles. The van der Waals surface area contributed by atoms with Gasteiger partial charge in [0.15, 0.2) is 0 Å². The lowest BCUT2D eigenvalue weighted by Crippen LogP contribution is -1.81. The van der Waals surface area contributed by atoms with Gasteiger partial charge in [-0.2, -0.15) is 0 Å². The molecule has 0 fully saturated rings. The minimum Gasteiger partial charge on any atom is -0.140 e. The molecule has 0 atom stereocenters. The lowest BCUT2D eigenvalue weighted by Gasteiger charge is -2.03. The molecule has 20 heavy (non-hydrogen) atoms. The highest BCUT2D eigenvalue weighted by atomic mass is 32.1. The Kier molecular flexibility index (Phi) is 3.45. The zero-order valence-corrected chi connectivity index (χ0v) is 12.9. The number of thiophene rings is 1. The molecule has 1 heteroatoms. The third-order valence-electron chi connectivity index (χ3n) is 3.72. The van der Waals surface area contributed by atoms with Gasteiger partial charge in [-0.1, -0.05) is 54.6 Å². The molecule has 0 unspecified atom stereocenters. The van der Waals surface area contributed by atoms with Crippen molar-refractivity contribution in [1.82, 2.24) is 0 Å². The highest BCUT2D eigenvalue weighted by Gasteiger charge is 2.09. The van der Waals surface area contributed by atoms with Crippen molar-refractivity contribution >= 4 is 33.8 Å². The van der Waals surface area contributed by atoms with Crippen molar-refractivity contribution in [2.75, 3.05) is 0 Å². The Labute approximate surface area is 124 Å². The smallest absolute Gasteiger partial charge is 0.0381 e. The second-order valence-corrected chi connectivity index (χ2v) is 6.44. The van der Waals surface area contributed by atoms with Crippen LogP contribution in [0.4, 0.5) is 0 Å². The Morgan fingerprint density at radius 2 is 1.55 bits per heavy atom. The van der Waals surface area contributed by atoms with Gasteiger partial charge in [-0.05, 0) is 42.9 Å². The number of rotatable bonds is 2. The van der Waals surface area contributed by atoms with Gasteiger partial charge in [-0.15, -0.1) is 11.3 Å². The minimum atomic E-state index is 1.31. The molecule has 0 saturated heterocycles. The molecule has 0 bridgehead atoms. The van der Waals surface area contributed by atoms with Crippen LogP contribution in [0.25, 0.3) is 22.4 Å². The lowest BCUT2D eigenvalue weighted by molar-refractivity contribution is 1.44. The standard InChI is InChI=1S/C19H18S/c1-13-8-4-5-9-16(13)12-14(2)19-18-11-7-6-10-17(18)15(3)20-19/h4-12H,1-3H3/b14-12+. The van der Waals surface area contributed by atoms with E-state index in [1.165, 1.54) is 37.2 Å². The van der Waals surface area contributed by atoms with Crippen molar-refractivity contribution in [1.29, 1.82) is 0 Å². The summed E-state index contributed by atoms with van der Waals surface area (Å²) in [5, 5.41) is 2.75. The molecule has 0 saturated carbocycles. The Hall–Kier alpha value is -1.86. The Bertz CT molecular complexity index is 790. The van der Waals surface area contributed by atoms with Crippen LogP contribution >= 0.6 is 11.3 Å². The van der Waals surface area contributed by atoms with Gasteiger partial charge >= 0.3 is 0 Å². The third-order valence-corrected chi connectivity index (χ3v) is 5.00.